The lowest BCUT2D eigenvalue weighted by Gasteiger charge is -2.28. The lowest BCUT2D eigenvalue weighted by atomic mass is 9.96. The number of hydrogen-bond donors (Lipinski definition) is 1. The van der Waals surface area contributed by atoms with E-state index in [1.54, 1.807) is 0 Å². The predicted octanol–water partition coefficient (Wildman–Crippen LogP) is 7.76. The number of esters is 1. The van der Waals surface area contributed by atoms with Gasteiger partial charge < -0.3 is 14.3 Å². The Bertz CT molecular complexity index is 501. The molecule has 0 aromatic rings. The fourth-order valence-electron chi connectivity index (χ4n) is 4.61. The highest BCUT2D eigenvalue weighted by molar-refractivity contribution is 5.71. The quantitative estimate of drug-likeness (QED) is 0.0863. The Kier molecular flexibility index (Phi) is 20.5. The molecule has 1 N–H and O–H groups in total. The molecule has 0 heterocycles. The largest absolute Gasteiger partial charge is 0.481 e. The van der Waals surface area contributed by atoms with Crippen LogP contribution >= 0.6 is 0 Å². The summed E-state index contributed by atoms with van der Waals surface area (Å²) in [5.41, 5.74) is 0. The minimum absolute atomic E-state index is 0.126. The standard InChI is InChI=1S/C29H57NO4/c1-6-7-8-9-12-15-18-21-26(2)22-19-16-13-10-11-14-17-20-23-29(33)34-27(24-28(31)32)25-30(3,4)5/h26-27H,6-25H2,1-5H3/p+1. The van der Waals surface area contributed by atoms with E-state index in [1.807, 2.05) is 21.1 Å². The maximum atomic E-state index is 12.1. The molecule has 0 rings (SSSR count). The zero-order chi connectivity index (χ0) is 25.7. The molecule has 0 bridgehead atoms. The van der Waals surface area contributed by atoms with Crippen molar-refractivity contribution in [3.8, 4) is 0 Å². The molecule has 0 fully saturated rings. The van der Waals surface area contributed by atoms with Crippen molar-refractivity contribution in [1.29, 1.82) is 0 Å². The smallest absolute Gasteiger partial charge is 0.307 e. The first-order valence-corrected chi connectivity index (χ1v) is 14.4. The molecular formula is C29H58NO4+. The van der Waals surface area contributed by atoms with Gasteiger partial charge in [0, 0.05) is 6.42 Å². The van der Waals surface area contributed by atoms with Gasteiger partial charge in [-0.3, -0.25) is 9.59 Å². The molecule has 34 heavy (non-hydrogen) atoms. The van der Waals surface area contributed by atoms with E-state index < -0.39 is 12.1 Å². The van der Waals surface area contributed by atoms with Crippen LogP contribution < -0.4 is 0 Å². The highest BCUT2D eigenvalue weighted by Crippen LogP contribution is 2.19. The SMILES string of the molecule is CCCCCCCCCC(C)CCCCCCCCCCC(=O)OC(CC(=O)O)C[N+](C)(C)C. The van der Waals surface area contributed by atoms with Crippen molar-refractivity contribution in [2.24, 2.45) is 5.92 Å². The van der Waals surface area contributed by atoms with E-state index in [-0.39, 0.29) is 12.4 Å². The molecule has 0 amide bonds. The number of hydrogen-bond acceptors (Lipinski definition) is 3. The zero-order valence-electron chi connectivity index (χ0n) is 23.4. The van der Waals surface area contributed by atoms with Crippen LogP contribution in [0.5, 0.6) is 0 Å². The maximum Gasteiger partial charge on any atom is 0.307 e. The number of carboxylic acids is 1. The van der Waals surface area contributed by atoms with Gasteiger partial charge in [-0.05, 0) is 12.3 Å². The lowest BCUT2D eigenvalue weighted by molar-refractivity contribution is -0.873. The molecule has 0 saturated carbocycles. The Labute approximate surface area is 211 Å². The molecular weight excluding hydrogens is 426 g/mol. The van der Waals surface area contributed by atoms with Crippen LogP contribution in [-0.4, -0.2) is 55.3 Å². The second kappa shape index (κ2) is 21.2. The fourth-order valence-corrected chi connectivity index (χ4v) is 4.61. The Morgan fingerprint density at radius 1 is 0.735 bits per heavy atom. The summed E-state index contributed by atoms with van der Waals surface area (Å²) in [4.78, 5) is 23.1. The molecule has 0 aromatic heterocycles. The second-order valence-electron chi connectivity index (χ2n) is 11.6. The summed E-state index contributed by atoms with van der Waals surface area (Å²) < 4.78 is 6.02. The van der Waals surface area contributed by atoms with Gasteiger partial charge in [0.05, 0.1) is 27.6 Å². The Hall–Kier alpha value is -1.10. The van der Waals surface area contributed by atoms with E-state index in [4.69, 9.17) is 9.84 Å². The molecule has 2 unspecified atom stereocenters. The second-order valence-corrected chi connectivity index (χ2v) is 11.6. The van der Waals surface area contributed by atoms with Gasteiger partial charge >= 0.3 is 11.9 Å². The van der Waals surface area contributed by atoms with Gasteiger partial charge in [-0.15, -0.1) is 0 Å². The van der Waals surface area contributed by atoms with Crippen molar-refractivity contribution in [2.45, 2.75) is 142 Å². The van der Waals surface area contributed by atoms with E-state index in [9.17, 15) is 9.59 Å². The molecule has 0 aromatic carbocycles. The minimum atomic E-state index is -0.922. The van der Waals surface area contributed by atoms with E-state index in [0.29, 0.717) is 17.4 Å². The highest BCUT2D eigenvalue weighted by Gasteiger charge is 2.24. The number of unbranched alkanes of at least 4 members (excludes halogenated alkanes) is 13. The Balaban J connectivity index is 3.58. The van der Waals surface area contributed by atoms with Crippen molar-refractivity contribution < 1.29 is 23.9 Å². The van der Waals surface area contributed by atoms with Crippen LogP contribution in [0.2, 0.25) is 0 Å². The predicted molar refractivity (Wildman–Crippen MR) is 143 cm³/mol. The number of rotatable bonds is 24. The van der Waals surface area contributed by atoms with Crippen LogP contribution in [0.3, 0.4) is 0 Å². The normalized spacial score (nSPS) is 13.6. The van der Waals surface area contributed by atoms with E-state index >= 15 is 0 Å². The van der Waals surface area contributed by atoms with Crippen LogP contribution in [0.4, 0.5) is 0 Å². The summed E-state index contributed by atoms with van der Waals surface area (Å²) in [7, 11) is 5.92. The van der Waals surface area contributed by atoms with Gasteiger partial charge in [0.1, 0.15) is 6.54 Å². The van der Waals surface area contributed by atoms with Crippen LogP contribution in [0.1, 0.15) is 136 Å². The van der Waals surface area contributed by atoms with E-state index in [2.05, 4.69) is 13.8 Å². The minimum Gasteiger partial charge on any atom is -0.481 e. The Morgan fingerprint density at radius 3 is 1.62 bits per heavy atom. The number of carbonyl (C=O) groups is 2. The first-order valence-electron chi connectivity index (χ1n) is 14.4. The van der Waals surface area contributed by atoms with Crippen LogP contribution in [0, 0.1) is 5.92 Å². The number of nitrogens with zero attached hydrogens (tertiary/aromatic N) is 1. The van der Waals surface area contributed by atoms with Crippen LogP contribution in [-0.2, 0) is 14.3 Å². The molecule has 0 aliphatic heterocycles. The van der Waals surface area contributed by atoms with Gasteiger partial charge in [0.15, 0.2) is 6.10 Å². The van der Waals surface area contributed by atoms with Gasteiger partial charge in [0.2, 0.25) is 0 Å². The summed E-state index contributed by atoms with van der Waals surface area (Å²) in [6.07, 6.45) is 22.0. The van der Waals surface area contributed by atoms with Gasteiger partial charge in [0.25, 0.3) is 0 Å². The molecule has 5 heteroatoms. The third-order valence-corrected chi connectivity index (χ3v) is 6.58. The number of quaternary nitrogens is 1. The summed E-state index contributed by atoms with van der Waals surface area (Å²) in [5.74, 6) is -0.299. The van der Waals surface area contributed by atoms with Crippen molar-refractivity contribution in [2.75, 3.05) is 27.7 Å². The maximum absolute atomic E-state index is 12.1. The molecule has 202 valence electrons. The van der Waals surface area contributed by atoms with E-state index in [1.165, 1.54) is 96.3 Å². The average molecular weight is 485 g/mol. The number of carbonyl (C=O) groups excluding carboxylic acids is 1. The first kappa shape index (κ1) is 32.9. The van der Waals surface area contributed by atoms with Crippen molar-refractivity contribution >= 4 is 11.9 Å². The zero-order valence-corrected chi connectivity index (χ0v) is 23.4. The van der Waals surface area contributed by atoms with Gasteiger partial charge in [-0.25, -0.2) is 0 Å². The van der Waals surface area contributed by atoms with Crippen molar-refractivity contribution in [3.05, 3.63) is 0 Å². The lowest BCUT2D eigenvalue weighted by Crippen LogP contribution is -2.43. The van der Waals surface area contributed by atoms with Crippen LogP contribution in [0.25, 0.3) is 0 Å². The summed E-state index contributed by atoms with van der Waals surface area (Å²) in [5, 5.41) is 9.05. The number of likely N-dealkylation sites (N-methyl/N-ethyl adjacent to an activating group) is 1. The fraction of sp³-hybridized carbons (Fsp3) is 0.931. The topological polar surface area (TPSA) is 63.6 Å². The molecule has 2 atom stereocenters. The summed E-state index contributed by atoms with van der Waals surface area (Å²) in [6.45, 7) is 5.21. The van der Waals surface area contributed by atoms with Crippen molar-refractivity contribution in [1.82, 2.24) is 0 Å². The number of ether oxygens (including phenoxy) is 1. The number of aliphatic carboxylic acids is 1. The Morgan fingerprint density at radius 2 is 1.18 bits per heavy atom. The summed E-state index contributed by atoms with van der Waals surface area (Å²) >= 11 is 0. The van der Waals surface area contributed by atoms with Gasteiger partial charge in [-0.2, -0.15) is 0 Å². The molecule has 0 spiro atoms. The molecule has 0 aliphatic rings. The monoisotopic (exact) mass is 484 g/mol. The van der Waals surface area contributed by atoms with Crippen LogP contribution in [0.15, 0.2) is 0 Å². The third kappa shape index (κ3) is 24.0. The number of carboxylic acid groups (broad SMARTS) is 1. The third-order valence-electron chi connectivity index (χ3n) is 6.58. The molecule has 0 saturated heterocycles. The van der Waals surface area contributed by atoms with Crippen molar-refractivity contribution in [3.63, 3.8) is 0 Å². The average Bonchev–Trinajstić information content (AvgIpc) is 2.72. The van der Waals surface area contributed by atoms with Gasteiger partial charge in [-0.1, -0.05) is 117 Å². The molecule has 0 aliphatic carbocycles. The molecule has 5 nitrogen and oxygen atoms in total. The van der Waals surface area contributed by atoms with E-state index in [0.717, 1.165) is 18.8 Å². The highest BCUT2D eigenvalue weighted by atomic mass is 16.5. The summed E-state index contributed by atoms with van der Waals surface area (Å²) in [6, 6.07) is 0. The first-order chi connectivity index (χ1) is 16.1. The molecule has 0 radical (unpaired) electrons.